The van der Waals surface area contributed by atoms with Crippen molar-refractivity contribution in [3.05, 3.63) is 16.9 Å². The smallest absolute Gasteiger partial charge is 0.0865 e. The van der Waals surface area contributed by atoms with Crippen LogP contribution in [0, 0.1) is 0 Å². The van der Waals surface area contributed by atoms with E-state index in [1.54, 1.807) is 13.3 Å². The monoisotopic (exact) mass is 228 g/mol. The van der Waals surface area contributed by atoms with Gasteiger partial charge < -0.3 is 4.74 Å². The zero-order valence-corrected chi connectivity index (χ0v) is 10.2. The minimum absolute atomic E-state index is 0.0848. The average Bonchev–Trinajstić information content (AvgIpc) is 2.82. The lowest BCUT2D eigenvalue weighted by molar-refractivity contribution is 0.135. The highest BCUT2D eigenvalue weighted by molar-refractivity contribution is 6.31. The standard InChI is InChI=1S/C11H17ClN2O/c1-8(2)10-9(12)6-13-14(10)11(4-5-11)7-15-3/h6,8H,4-5,7H2,1-3H3. The molecule has 15 heavy (non-hydrogen) atoms. The van der Waals surface area contributed by atoms with Gasteiger partial charge in [-0.2, -0.15) is 5.10 Å². The molecule has 1 aliphatic carbocycles. The van der Waals surface area contributed by atoms with Crippen LogP contribution in [0.15, 0.2) is 6.20 Å². The van der Waals surface area contributed by atoms with Crippen LogP contribution in [0.4, 0.5) is 0 Å². The molecule has 1 heterocycles. The first-order valence-electron chi connectivity index (χ1n) is 5.33. The molecular formula is C11H17ClN2O. The summed E-state index contributed by atoms with van der Waals surface area (Å²) >= 11 is 6.15. The van der Waals surface area contributed by atoms with Crippen LogP contribution in [-0.2, 0) is 10.3 Å². The third kappa shape index (κ3) is 1.79. The van der Waals surface area contributed by atoms with E-state index in [0.717, 1.165) is 30.2 Å². The van der Waals surface area contributed by atoms with Crippen LogP contribution >= 0.6 is 11.6 Å². The largest absolute Gasteiger partial charge is 0.382 e. The molecule has 3 nitrogen and oxygen atoms in total. The fourth-order valence-corrected chi connectivity index (χ4v) is 2.41. The predicted molar refractivity (Wildman–Crippen MR) is 60.4 cm³/mol. The van der Waals surface area contributed by atoms with Crippen molar-refractivity contribution in [1.82, 2.24) is 9.78 Å². The molecule has 84 valence electrons. The van der Waals surface area contributed by atoms with Gasteiger partial charge in [0.05, 0.1) is 29.1 Å². The van der Waals surface area contributed by atoms with Gasteiger partial charge in [0.25, 0.3) is 0 Å². The number of methoxy groups -OCH3 is 1. The van der Waals surface area contributed by atoms with Crippen LogP contribution in [0.5, 0.6) is 0 Å². The molecule has 0 saturated heterocycles. The van der Waals surface area contributed by atoms with Gasteiger partial charge in [0, 0.05) is 7.11 Å². The highest BCUT2D eigenvalue weighted by atomic mass is 35.5. The summed E-state index contributed by atoms with van der Waals surface area (Å²) in [5.74, 6) is 0.398. The molecule has 1 aromatic heterocycles. The van der Waals surface area contributed by atoms with Gasteiger partial charge in [0.1, 0.15) is 0 Å². The predicted octanol–water partition coefficient (Wildman–Crippen LogP) is 2.80. The van der Waals surface area contributed by atoms with E-state index in [4.69, 9.17) is 16.3 Å². The topological polar surface area (TPSA) is 27.1 Å². The van der Waals surface area contributed by atoms with E-state index in [1.807, 2.05) is 0 Å². The van der Waals surface area contributed by atoms with Gasteiger partial charge in [-0.1, -0.05) is 25.4 Å². The lowest BCUT2D eigenvalue weighted by Gasteiger charge is -2.20. The summed E-state index contributed by atoms with van der Waals surface area (Å²) < 4.78 is 7.34. The first-order chi connectivity index (χ1) is 7.10. The van der Waals surface area contributed by atoms with Gasteiger partial charge >= 0.3 is 0 Å². The van der Waals surface area contributed by atoms with Gasteiger partial charge in [0.15, 0.2) is 0 Å². The zero-order chi connectivity index (χ0) is 11.1. The average molecular weight is 229 g/mol. The zero-order valence-electron chi connectivity index (χ0n) is 9.46. The van der Waals surface area contributed by atoms with Crippen LogP contribution in [0.3, 0.4) is 0 Å². The van der Waals surface area contributed by atoms with E-state index in [-0.39, 0.29) is 5.54 Å². The second-order valence-corrected chi connectivity index (χ2v) is 5.01. The summed E-state index contributed by atoms with van der Waals surface area (Å²) in [7, 11) is 1.74. The molecule has 2 rings (SSSR count). The Labute approximate surface area is 95.4 Å². The number of hydrogen-bond acceptors (Lipinski definition) is 2. The van der Waals surface area contributed by atoms with Crippen molar-refractivity contribution in [2.75, 3.05) is 13.7 Å². The minimum atomic E-state index is 0.0848. The Kier molecular flexibility index (Phi) is 2.77. The SMILES string of the molecule is COCC1(n2ncc(Cl)c2C(C)C)CC1. The maximum atomic E-state index is 6.15. The summed E-state index contributed by atoms with van der Waals surface area (Å²) in [5.41, 5.74) is 1.22. The van der Waals surface area contributed by atoms with E-state index in [0.29, 0.717) is 5.92 Å². The fraction of sp³-hybridized carbons (Fsp3) is 0.727. The van der Waals surface area contributed by atoms with Gasteiger partial charge in [-0.3, -0.25) is 4.68 Å². The minimum Gasteiger partial charge on any atom is -0.382 e. The Morgan fingerprint density at radius 1 is 1.60 bits per heavy atom. The van der Waals surface area contributed by atoms with E-state index >= 15 is 0 Å². The molecule has 0 unspecified atom stereocenters. The van der Waals surface area contributed by atoms with Crippen molar-refractivity contribution in [3.8, 4) is 0 Å². The molecule has 1 fully saturated rings. The van der Waals surface area contributed by atoms with Crippen molar-refractivity contribution >= 4 is 11.6 Å². The van der Waals surface area contributed by atoms with Gasteiger partial charge in [-0.25, -0.2) is 0 Å². The Bertz CT molecular complexity index is 355. The number of ether oxygens (including phenoxy) is 1. The molecule has 0 radical (unpaired) electrons. The number of halogens is 1. The van der Waals surface area contributed by atoms with Gasteiger partial charge in [0.2, 0.25) is 0 Å². The van der Waals surface area contributed by atoms with E-state index < -0.39 is 0 Å². The summed E-state index contributed by atoms with van der Waals surface area (Å²) in [4.78, 5) is 0. The molecule has 1 saturated carbocycles. The van der Waals surface area contributed by atoms with Crippen LogP contribution in [0.1, 0.15) is 38.3 Å². The van der Waals surface area contributed by atoms with Crippen molar-refractivity contribution in [2.45, 2.75) is 38.1 Å². The lowest BCUT2D eigenvalue weighted by Crippen LogP contribution is -2.26. The molecule has 1 aromatic rings. The van der Waals surface area contributed by atoms with Crippen LogP contribution in [0.25, 0.3) is 0 Å². The summed E-state index contributed by atoms with van der Waals surface area (Å²) in [5, 5.41) is 5.17. The maximum Gasteiger partial charge on any atom is 0.0865 e. The van der Waals surface area contributed by atoms with Crippen molar-refractivity contribution in [1.29, 1.82) is 0 Å². The van der Waals surface area contributed by atoms with E-state index in [1.165, 1.54) is 0 Å². The number of hydrogen-bond donors (Lipinski definition) is 0. The van der Waals surface area contributed by atoms with E-state index in [2.05, 4.69) is 23.6 Å². The number of nitrogens with zero attached hydrogens (tertiary/aromatic N) is 2. The van der Waals surface area contributed by atoms with Crippen molar-refractivity contribution in [2.24, 2.45) is 0 Å². The van der Waals surface area contributed by atoms with Gasteiger partial charge in [-0.05, 0) is 18.8 Å². The Balaban J connectivity index is 2.36. The third-order valence-electron chi connectivity index (χ3n) is 3.00. The lowest BCUT2D eigenvalue weighted by atomic mass is 10.1. The molecule has 0 atom stereocenters. The highest BCUT2D eigenvalue weighted by Crippen LogP contribution is 2.45. The molecule has 1 aliphatic rings. The van der Waals surface area contributed by atoms with Crippen molar-refractivity contribution < 1.29 is 4.74 Å². The van der Waals surface area contributed by atoms with Crippen LogP contribution in [0.2, 0.25) is 5.02 Å². The molecule has 4 heteroatoms. The summed E-state index contributed by atoms with van der Waals surface area (Å²) in [6.07, 6.45) is 4.02. The number of rotatable bonds is 4. The molecule has 0 aliphatic heterocycles. The van der Waals surface area contributed by atoms with Gasteiger partial charge in [-0.15, -0.1) is 0 Å². The second kappa shape index (κ2) is 3.80. The molecule has 0 amide bonds. The van der Waals surface area contributed by atoms with Crippen LogP contribution in [-0.4, -0.2) is 23.5 Å². The molecule has 0 spiro atoms. The fourth-order valence-electron chi connectivity index (χ4n) is 2.07. The normalized spacial score (nSPS) is 18.5. The quantitative estimate of drug-likeness (QED) is 0.793. The molecular weight excluding hydrogens is 212 g/mol. The molecule has 0 aromatic carbocycles. The first-order valence-corrected chi connectivity index (χ1v) is 5.71. The highest BCUT2D eigenvalue weighted by Gasteiger charge is 2.47. The maximum absolute atomic E-state index is 6.15. The second-order valence-electron chi connectivity index (χ2n) is 4.60. The van der Waals surface area contributed by atoms with Crippen molar-refractivity contribution in [3.63, 3.8) is 0 Å². The third-order valence-corrected chi connectivity index (χ3v) is 3.29. The first kappa shape index (κ1) is 11.0. The summed E-state index contributed by atoms with van der Waals surface area (Å²) in [6, 6.07) is 0. The number of aromatic nitrogens is 2. The van der Waals surface area contributed by atoms with E-state index in [9.17, 15) is 0 Å². The Hall–Kier alpha value is -0.540. The van der Waals surface area contributed by atoms with Crippen LogP contribution < -0.4 is 0 Å². The molecule has 0 N–H and O–H groups in total. The molecule has 0 bridgehead atoms. The Morgan fingerprint density at radius 2 is 2.27 bits per heavy atom. The summed E-state index contributed by atoms with van der Waals surface area (Å²) in [6.45, 7) is 5.01. The Morgan fingerprint density at radius 3 is 2.73 bits per heavy atom.